The lowest BCUT2D eigenvalue weighted by molar-refractivity contribution is -0.0236. The number of hydrogen-bond acceptors (Lipinski definition) is 7. The molecular formula is C22H23ClF2O7S2. The molecular weight excluding hydrogens is 514 g/mol. The molecule has 2 aliphatic rings. The highest BCUT2D eigenvalue weighted by molar-refractivity contribution is 7.92. The van der Waals surface area contributed by atoms with Crippen molar-refractivity contribution >= 4 is 31.6 Å². The van der Waals surface area contributed by atoms with E-state index in [1.807, 2.05) is 0 Å². The van der Waals surface area contributed by atoms with Crippen LogP contribution in [-0.4, -0.2) is 49.0 Å². The van der Waals surface area contributed by atoms with Crippen molar-refractivity contribution in [3.05, 3.63) is 58.6 Å². The molecule has 12 heteroatoms. The summed E-state index contributed by atoms with van der Waals surface area (Å²) >= 11 is 5.93. The minimum atomic E-state index is -4.23. The number of sulfone groups is 1. The van der Waals surface area contributed by atoms with Crippen LogP contribution in [0.15, 0.2) is 41.3 Å². The molecule has 34 heavy (non-hydrogen) atoms. The van der Waals surface area contributed by atoms with Gasteiger partial charge in [-0.2, -0.15) is 8.42 Å². The van der Waals surface area contributed by atoms with Gasteiger partial charge in [0, 0.05) is 10.9 Å². The molecule has 0 aromatic heterocycles. The van der Waals surface area contributed by atoms with Gasteiger partial charge in [-0.1, -0.05) is 11.6 Å². The Balaban J connectivity index is 1.72. The number of fused-ring (bicyclic) bond motifs is 3. The van der Waals surface area contributed by atoms with Gasteiger partial charge in [0.15, 0.2) is 21.4 Å². The molecule has 0 radical (unpaired) electrons. The Hall–Kier alpha value is -1.79. The quantitative estimate of drug-likeness (QED) is 0.392. The van der Waals surface area contributed by atoms with Crippen LogP contribution in [0.5, 0.6) is 5.75 Å². The molecule has 0 bridgehead atoms. The standard InChI is InChI=1S/C22H23ClF2O7S2/c1-33(26,27)32-11-10-30-16-8-9-22(34(28,29)17-4-2-15(23)3-5-17)14(12-16)13-31-21-19(25)7-6-18(24)20(21)22/h2-7,14,16H,8-13H2,1H3. The van der Waals surface area contributed by atoms with Gasteiger partial charge < -0.3 is 9.47 Å². The van der Waals surface area contributed by atoms with E-state index < -0.39 is 54.1 Å². The monoisotopic (exact) mass is 536 g/mol. The van der Waals surface area contributed by atoms with Crippen LogP contribution in [0, 0.1) is 17.6 Å². The Labute approximate surface area is 202 Å². The van der Waals surface area contributed by atoms with E-state index in [-0.39, 0.29) is 49.5 Å². The summed E-state index contributed by atoms with van der Waals surface area (Å²) in [6.07, 6.45) is 0.840. The minimum absolute atomic E-state index is 0.0260. The van der Waals surface area contributed by atoms with E-state index in [1.54, 1.807) is 0 Å². The van der Waals surface area contributed by atoms with Gasteiger partial charge in [0.05, 0.1) is 42.6 Å². The van der Waals surface area contributed by atoms with Crippen molar-refractivity contribution in [1.82, 2.24) is 0 Å². The molecule has 3 atom stereocenters. The van der Waals surface area contributed by atoms with Crippen molar-refractivity contribution in [3.8, 4) is 5.75 Å². The Morgan fingerprint density at radius 1 is 1.06 bits per heavy atom. The summed E-state index contributed by atoms with van der Waals surface area (Å²) in [6, 6.07) is 7.37. The molecule has 0 amide bonds. The topological polar surface area (TPSA) is 96.0 Å². The maximum atomic E-state index is 15.2. The van der Waals surface area contributed by atoms with Crippen LogP contribution in [-0.2, 0) is 33.6 Å². The normalized spacial score (nSPS) is 24.7. The van der Waals surface area contributed by atoms with Crippen LogP contribution in [0.3, 0.4) is 0 Å². The second-order valence-corrected chi connectivity index (χ2v) is 12.7. The number of rotatable bonds is 7. The number of halogens is 3. The molecule has 1 fully saturated rings. The summed E-state index contributed by atoms with van der Waals surface area (Å²) in [5, 5.41) is 0.339. The summed E-state index contributed by atoms with van der Waals surface area (Å²) in [6.45, 7) is -0.366. The first-order chi connectivity index (χ1) is 16.0. The highest BCUT2D eigenvalue weighted by Crippen LogP contribution is 2.56. The largest absolute Gasteiger partial charge is 0.490 e. The lowest BCUT2D eigenvalue weighted by Gasteiger charge is -2.48. The predicted molar refractivity (Wildman–Crippen MR) is 120 cm³/mol. The first-order valence-corrected chi connectivity index (χ1v) is 14.2. The SMILES string of the molecule is CS(=O)(=O)OCCOC1CCC2(S(=O)(=O)c3ccc(Cl)cc3)c3c(F)ccc(F)c3OCC2C1. The van der Waals surface area contributed by atoms with E-state index in [2.05, 4.69) is 4.18 Å². The van der Waals surface area contributed by atoms with Gasteiger partial charge in [0.25, 0.3) is 10.1 Å². The van der Waals surface area contributed by atoms with Crippen LogP contribution < -0.4 is 4.74 Å². The van der Waals surface area contributed by atoms with Crippen LogP contribution >= 0.6 is 11.6 Å². The molecule has 2 aromatic carbocycles. The fourth-order valence-electron chi connectivity index (χ4n) is 4.85. The molecule has 3 unspecified atom stereocenters. The number of hydrogen-bond donors (Lipinski definition) is 0. The van der Waals surface area contributed by atoms with Crippen molar-refractivity contribution in [2.24, 2.45) is 5.92 Å². The summed E-state index contributed by atoms with van der Waals surface area (Å²) in [5.74, 6) is -2.84. The zero-order valence-corrected chi connectivity index (χ0v) is 20.6. The maximum Gasteiger partial charge on any atom is 0.264 e. The molecule has 4 rings (SSSR count). The average molecular weight is 537 g/mol. The van der Waals surface area contributed by atoms with Gasteiger partial charge in [-0.25, -0.2) is 17.2 Å². The smallest absolute Gasteiger partial charge is 0.264 e. The van der Waals surface area contributed by atoms with Gasteiger partial charge in [0.1, 0.15) is 10.6 Å². The van der Waals surface area contributed by atoms with E-state index in [4.69, 9.17) is 21.1 Å². The van der Waals surface area contributed by atoms with Crippen LogP contribution in [0.1, 0.15) is 24.8 Å². The Kier molecular flexibility index (Phi) is 6.96. The maximum absolute atomic E-state index is 15.2. The second kappa shape index (κ2) is 9.34. The molecule has 0 spiro atoms. The van der Waals surface area contributed by atoms with Gasteiger partial charge in [-0.15, -0.1) is 0 Å². The third kappa shape index (κ3) is 4.56. The summed E-state index contributed by atoms with van der Waals surface area (Å²) < 4.78 is 94.3. The van der Waals surface area contributed by atoms with Crippen molar-refractivity contribution in [1.29, 1.82) is 0 Å². The highest BCUT2D eigenvalue weighted by Gasteiger charge is 2.59. The van der Waals surface area contributed by atoms with E-state index >= 15 is 4.39 Å². The zero-order valence-electron chi connectivity index (χ0n) is 18.2. The fourth-order valence-corrected chi connectivity index (χ4v) is 7.71. The van der Waals surface area contributed by atoms with Gasteiger partial charge in [0.2, 0.25) is 0 Å². The molecule has 0 saturated heterocycles. The van der Waals surface area contributed by atoms with Crippen molar-refractivity contribution in [2.75, 3.05) is 26.1 Å². The summed E-state index contributed by atoms with van der Waals surface area (Å²) in [4.78, 5) is -0.0562. The molecule has 2 aromatic rings. The molecule has 1 aliphatic heterocycles. The molecule has 1 aliphatic carbocycles. The lowest BCUT2D eigenvalue weighted by atomic mass is 9.72. The van der Waals surface area contributed by atoms with E-state index in [1.165, 1.54) is 24.3 Å². The van der Waals surface area contributed by atoms with Crippen LogP contribution in [0.25, 0.3) is 0 Å². The predicted octanol–water partition coefficient (Wildman–Crippen LogP) is 3.84. The third-order valence-electron chi connectivity index (χ3n) is 6.29. The Morgan fingerprint density at radius 3 is 2.41 bits per heavy atom. The second-order valence-electron chi connectivity index (χ2n) is 8.38. The molecule has 0 N–H and O–H groups in total. The molecule has 186 valence electrons. The Morgan fingerprint density at radius 2 is 1.74 bits per heavy atom. The molecule has 7 nitrogen and oxygen atoms in total. The van der Waals surface area contributed by atoms with Crippen LogP contribution in [0.2, 0.25) is 5.02 Å². The first kappa shape index (κ1) is 25.3. The van der Waals surface area contributed by atoms with Gasteiger partial charge in [-0.3, -0.25) is 4.18 Å². The summed E-state index contributed by atoms with van der Waals surface area (Å²) in [5.41, 5.74) is -0.308. The average Bonchev–Trinajstić information content (AvgIpc) is 2.78. The Bertz CT molecular complexity index is 1280. The van der Waals surface area contributed by atoms with Crippen molar-refractivity contribution in [3.63, 3.8) is 0 Å². The summed E-state index contributed by atoms with van der Waals surface area (Å²) in [7, 11) is -7.84. The number of benzene rings is 2. The minimum Gasteiger partial charge on any atom is -0.490 e. The third-order valence-corrected chi connectivity index (χ3v) is 9.73. The van der Waals surface area contributed by atoms with E-state index in [9.17, 15) is 21.2 Å². The lowest BCUT2D eigenvalue weighted by Crippen LogP contribution is -2.53. The molecule has 1 heterocycles. The zero-order chi connectivity index (χ0) is 24.7. The van der Waals surface area contributed by atoms with Crippen LogP contribution in [0.4, 0.5) is 8.78 Å². The van der Waals surface area contributed by atoms with E-state index in [0.29, 0.717) is 5.02 Å². The van der Waals surface area contributed by atoms with Gasteiger partial charge >= 0.3 is 0 Å². The fraction of sp³-hybridized carbons (Fsp3) is 0.455. The van der Waals surface area contributed by atoms with Gasteiger partial charge in [-0.05, 0) is 55.7 Å². The molecule has 1 saturated carbocycles. The first-order valence-electron chi connectivity index (χ1n) is 10.5. The number of ether oxygens (including phenoxy) is 2. The van der Waals surface area contributed by atoms with Crippen molar-refractivity contribution in [2.45, 2.75) is 35.0 Å². The van der Waals surface area contributed by atoms with E-state index in [0.717, 1.165) is 18.4 Å². The van der Waals surface area contributed by atoms with Crippen molar-refractivity contribution < 1.29 is 39.3 Å². The highest BCUT2D eigenvalue weighted by atomic mass is 35.5.